The predicted octanol–water partition coefficient (Wildman–Crippen LogP) is 8.30. The van der Waals surface area contributed by atoms with Gasteiger partial charge in [0.25, 0.3) is 8.32 Å². The third-order valence-electron chi connectivity index (χ3n) is 8.35. The molecule has 0 radical (unpaired) electrons. The van der Waals surface area contributed by atoms with Gasteiger partial charge < -0.3 is 13.9 Å². The van der Waals surface area contributed by atoms with E-state index in [1.165, 1.54) is 10.4 Å². The van der Waals surface area contributed by atoms with E-state index in [9.17, 15) is 4.79 Å². The van der Waals surface area contributed by atoms with Crippen LogP contribution in [0.4, 0.5) is 4.79 Å². The number of para-hydroxylation sites is 1. The molecule has 4 aromatic carbocycles. The number of ether oxygens (including phenoxy) is 2. The topological polar surface area (TPSA) is 49.7 Å². The highest BCUT2D eigenvalue weighted by molar-refractivity contribution is 6.99. The summed E-state index contributed by atoms with van der Waals surface area (Å²) < 4.78 is 21.1. The van der Waals surface area contributed by atoms with Crippen LogP contribution in [-0.4, -0.2) is 37.8 Å². The Kier molecular flexibility index (Phi) is 10.3. The summed E-state index contributed by atoms with van der Waals surface area (Å²) in [6.45, 7) is 14.1. The van der Waals surface area contributed by atoms with Gasteiger partial charge in [0, 0.05) is 24.1 Å². The number of hydrogen-bond acceptors (Lipinski definition) is 4. The second-order valence-corrected chi connectivity index (χ2v) is 18.1. The first-order chi connectivity index (χ1) is 22.0. The van der Waals surface area contributed by atoms with Crippen LogP contribution in [0.15, 0.2) is 115 Å². The highest BCUT2D eigenvalue weighted by Gasteiger charge is 2.50. The molecule has 46 heavy (non-hydrogen) atoms. The van der Waals surface area contributed by atoms with Gasteiger partial charge in [0.2, 0.25) is 0 Å². The molecule has 0 aliphatic carbocycles. The maximum Gasteiger partial charge on any atom is 0.419 e. The molecule has 0 aliphatic rings. The molecule has 1 aromatic heterocycles. The van der Waals surface area contributed by atoms with Crippen molar-refractivity contribution in [3.05, 3.63) is 132 Å². The van der Waals surface area contributed by atoms with Gasteiger partial charge >= 0.3 is 6.09 Å². The minimum Gasteiger partial charge on any atom is -0.443 e. The summed E-state index contributed by atoms with van der Waals surface area (Å²) in [5, 5.41) is 3.41. The lowest BCUT2D eigenvalue weighted by Crippen LogP contribution is -2.66. The fourth-order valence-electron chi connectivity index (χ4n) is 6.42. The van der Waals surface area contributed by atoms with Gasteiger partial charge in [-0.3, -0.25) is 0 Å². The molecule has 5 nitrogen and oxygen atoms in total. The Morgan fingerprint density at radius 2 is 1.22 bits per heavy atom. The molecule has 0 unspecified atom stereocenters. The number of rotatable bonds is 11. The first-order valence-corrected chi connectivity index (χ1v) is 18.1. The Hall–Kier alpha value is -3.97. The summed E-state index contributed by atoms with van der Waals surface area (Å²) in [7, 11) is -2.73. The molecule has 0 spiro atoms. The third kappa shape index (κ3) is 7.36. The lowest BCUT2D eigenvalue weighted by molar-refractivity contribution is 0.0536. The number of carbonyl (C=O) groups is 1. The van der Waals surface area contributed by atoms with Crippen molar-refractivity contribution >= 4 is 35.7 Å². The highest BCUT2D eigenvalue weighted by Crippen LogP contribution is 2.37. The van der Waals surface area contributed by atoms with Crippen LogP contribution in [0, 0.1) is 0 Å². The predicted molar refractivity (Wildman–Crippen MR) is 191 cm³/mol. The van der Waals surface area contributed by atoms with Crippen LogP contribution in [0.5, 0.6) is 0 Å². The van der Waals surface area contributed by atoms with E-state index in [2.05, 4.69) is 99.6 Å². The molecule has 6 heteroatoms. The first kappa shape index (κ1) is 33.4. The van der Waals surface area contributed by atoms with Gasteiger partial charge in [-0.15, -0.1) is 0 Å². The van der Waals surface area contributed by atoms with Gasteiger partial charge in [0.1, 0.15) is 5.60 Å². The van der Waals surface area contributed by atoms with Crippen molar-refractivity contribution < 1.29 is 18.7 Å². The molecule has 5 aromatic rings. The van der Waals surface area contributed by atoms with Crippen LogP contribution in [0.2, 0.25) is 5.04 Å². The normalized spacial score (nSPS) is 12.4. The molecule has 5 rings (SSSR count). The van der Waals surface area contributed by atoms with Crippen molar-refractivity contribution in [2.24, 2.45) is 0 Å². The van der Waals surface area contributed by atoms with Crippen molar-refractivity contribution in [1.29, 1.82) is 0 Å². The Morgan fingerprint density at radius 3 is 1.78 bits per heavy atom. The quantitative estimate of drug-likeness (QED) is 0.108. The number of carbonyl (C=O) groups excluding carboxylic acids is 1. The molecule has 0 N–H and O–H groups in total. The molecular formula is C40H47NO4Si. The van der Waals surface area contributed by atoms with E-state index < -0.39 is 13.9 Å². The number of aromatic nitrogens is 1. The second kappa shape index (κ2) is 14.2. The van der Waals surface area contributed by atoms with Gasteiger partial charge in [-0.1, -0.05) is 130 Å². The number of nitrogens with zero attached hydrogens (tertiary/aromatic N) is 1. The van der Waals surface area contributed by atoms with Crippen LogP contribution in [0.3, 0.4) is 0 Å². The Morgan fingerprint density at radius 1 is 0.674 bits per heavy atom. The minimum atomic E-state index is -2.73. The van der Waals surface area contributed by atoms with Crippen molar-refractivity contribution in [2.75, 3.05) is 13.2 Å². The summed E-state index contributed by atoms with van der Waals surface area (Å²) in [5.74, 6) is 0. The maximum absolute atomic E-state index is 13.8. The molecule has 240 valence electrons. The molecule has 0 aliphatic heterocycles. The van der Waals surface area contributed by atoms with Crippen molar-refractivity contribution in [3.63, 3.8) is 0 Å². The van der Waals surface area contributed by atoms with E-state index >= 15 is 0 Å². The molecule has 0 bridgehead atoms. The summed E-state index contributed by atoms with van der Waals surface area (Å²) in [4.78, 5) is 13.8. The maximum atomic E-state index is 13.8. The van der Waals surface area contributed by atoms with E-state index in [0.717, 1.165) is 27.7 Å². The molecule has 0 saturated carbocycles. The molecule has 0 fully saturated rings. The standard InChI is InChI=1S/C40H47NO4Si/c1-39(2,3)45-38(42)41-36-25-17-16-24-34(36)35(37(41)27-28-43-30-31-18-10-7-11-19-31)26-29-44-46(40(4,5)6,32-20-12-8-13-21-32)33-22-14-9-15-23-33/h7-25H,26-30H2,1-6H3. The van der Waals surface area contributed by atoms with Gasteiger partial charge in [0.15, 0.2) is 0 Å². The van der Waals surface area contributed by atoms with Gasteiger partial charge in [-0.2, -0.15) is 0 Å². The Labute approximate surface area is 275 Å². The van der Waals surface area contributed by atoms with E-state index in [1.807, 2.05) is 57.2 Å². The monoisotopic (exact) mass is 633 g/mol. The summed E-state index contributed by atoms with van der Waals surface area (Å²) in [5.41, 5.74) is 3.34. The summed E-state index contributed by atoms with van der Waals surface area (Å²) >= 11 is 0. The zero-order chi connectivity index (χ0) is 32.8. The molecule has 0 atom stereocenters. The van der Waals surface area contributed by atoms with Crippen LogP contribution in [-0.2, 0) is 33.3 Å². The third-order valence-corrected chi connectivity index (χ3v) is 13.4. The van der Waals surface area contributed by atoms with E-state index in [-0.39, 0.29) is 11.1 Å². The van der Waals surface area contributed by atoms with E-state index in [0.29, 0.717) is 32.7 Å². The SMILES string of the molecule is CC(C)(C)OC(=O)n1c(CCOCc2ccccc2)c(CCO[Si](c2ccccc2)(c2ccccc2)C(C)(C)C)c2ccccc21. The van der Waals surface area contributed by atoms with Gasteiger partial charge in [-0.25, -0.2) is 9.36 Å². The lowest BCUT2D eigenvalue weighted by Gasteiger charge is -2.43. The van der Waals surface area contributed by atoms with E-state index in [1.54, 1.807) is 4.57 Å². The fraction of sp³-hybridized carbons (Fsp3) is 0.325. The van der Waals surface area contributed by atoms with Crippen molar-refractivity contribution in [3.8, 4) is 0 Å². The molecule has 1 heterocycles. The Balaban J connectivity index is 1.52. The molecule has 0 saturated heterocycles. The second-order valence-electron chi connectivity index (χ2n) is 13.8. The fourth-order valence-corrected chi connectivity index (χ4v) is 11.0. The van der Waals surface area contributed by atoms with Crippen molar-refractivity contribution in [2.45, 2.75) is 71.6 Å². The van der Waals surface area contributed by atoms with Gasteiger partial charge in [-0.05, 0) is 59.8 Å². The average Bonchev–Trinajstić information content (AvgIpc) is 3.34. The number of benzene rings is 4. The zero-order valence-corrected chi connectivity index (χ0v) is 29.1. The van der Waals surface area contributed by atoms with Crippen LogP contribution in [0.1, 0.15) is 58.4 Å². The number of hydrogen-bond donors (Lipinski definition) is 0. The largest absolute Gasteiger partial charge is 0.443 e. The van der Waals surface area contributed by atoms with Crippen LogP contribution in [0.25, 0.3) is 10.9 Å². The van der Waals surface area contributed by atoms with Crippen LogP contribution < -0.4 is 10.4 Å². The Bertz CT molecular complexity index is 1680. The summed E-state index contributed by atoms with van der Waals surface area (Å²) in [6, 6.07) is 39.7. The van der Waals surface area contributed by atoms with E-state index in [4.69, 9.17) is 13.9 Å². The first-order valence-electron chi connectivity index (χ1n) is 16.2. The lowest BCUT2D eigenvalue weighted by atomic mass is 10.1. The smallest absolute Gasteiger partial charge is 0.419 e. The van der Waals surface area contributed by atoms with Crippen molar-refractivity contribution in [1.82, 2.24) is 4.57 Å². The minimum absolute atomic E-state index is 0.131. The number of fused-ring (bicyclic) bond motifs is 1. The summed E-state index contributed by atoms with van der Waals surface area (Å²) in [6.07, 6.45) is 0.838. The molecule has 0 amide bonds. The van der Waals surface area contributed by atoms with Crippen LogP contribution >= 0.6 is 0 Å². The zero-order valence-electron chi connectivity index (χ0n) is 28.1. The molecular weight excluding hydrogens is 587 g/mol. The average molecular weight is 634 g/mol. The highest BCUT2D eigenvalue weighted by atomic mass is 28.4. The van der Waals surface area contributed by atoms with Gasteiger partial charge in [0.05, 0.1) is 18.7 Å².